The summed E-state index contributed by atoms with van der Waals surface area (Å²) in [6, 6.07) is 15.9. The van der Waals surface area contributed by atoms with E-state index in [9.17, 15) is 9.59 Å². The number of hydrogen-bond acceptors (Lipinski definition) is 3. The van der Waals surface area contributed by atoms with Gasteiger partial charge in [-0.1, -0.05) is 46.3 Å². The number of aromatic nitrogens is 3. The molecule has 6 heteroatoms. The Hall–Kier alpha value is -2.47. The van der Waals surface area contributed by atoms with Gasteiger partial charge in [-0.15, -0.1) is 0 Å². The third kappa shape index (κ3) is 2.57. The van der Waals surface area contributed by atoms with Crippen LogP contribution in [0.25, 0.3) is 16.9 Å². The Bertz CT molecular complexity index is 883. The predicted molar refractivity (Wildman–Crippen MR) is 83.6 cm³/mol. The number of aromatic amines is 1. The highest BCUT2D eigenvalue weighted by atomic mass is 79.9. The molecular formula is C15H10BrN3O2. The summed E-state index contributed by atoms with van der Waals surface area (Å²) in [5.41, 5.74) is 0.334. The Kier molecular flexibility index (Phi) is 3.53. The predicted octanol–water partition coefficient (Wildman–Crippen LogP) is 2.35. The van der Waals surface area contributed by atoms with Crippen molar-refractivity contribution in [3.05, 3.63) is 79.9 Å². The van der Waals surface area contributed by atoms with E-state index in [-0.39, 0.29) is 5.69 Å². The summed E-state index contributed by atoms with van der Waals surface area (Å²) in [4.78, 5) is 24.5. The van der Waals surface area contributed by atoms with Gasteiger partial charge in [0.05, 0.1) is 5.69 Å². The van der Waals surface area contributed by atoms with E-state index in [2.05, 4.69) is 26.1 Å². The van der Waals surface area contributed by atoms with Crippen molar-refractivity contribution in [2.45, 2.75) is 0 Å². The van der Waals surface area contributed by atoms with Crippen LogP contribution < -0.4 is 11.2 Å². The van der Waals surface area contributed by atoms with Crippen LogP contribution in [0.3, 0.4) is 0 Å². The van der Waals surface area contributed by atoms with Gasteiger partial charge in [0.2, 0.25) is 0 Å². The molecule has 0 amide bonds. The molecule has 21 heavy (non-hydrogen) atoms. The molecule has 0 bridgehead atoms. The standard InChI is InChI=1S/C15H10BrN3O2/c16-11-6-8-12(9-7-11)19-14(20)13(17-18-15(19)21)10-4-2-1-3-5-10/h1-9H,(H,18,21). The van der Waals surface area contributed by atoms with Gasteiger partial charge in [0.1, 0.15) is 0 Å². The number of nitrogens with zero attached hydrogens (tertiary/aromatic N) is 2. The van der Waals surface area contributed by atoms with Gasteiger partial charge in [0.25, 0.3) is 5.56 Å². The van der Waals surface area contributed by atoms with Crippen LogP contribution >= 0.6 is 15.9 Å². The molecule has 1 heterocycles. The maximum absolute atomic E-state index is 12.5. The van der Waals surface area contributed by atoms with Crippen molar-refractivity contribution in [1.82, 2.24) is 14.8 Å². The number of H-pyrrole nitrogens is 1. The fourth-order valence-corrected chi connectivity index (χ4v) is 2.27. The summed E-state index contributed by atoms with van der Waals surface area (Å²) in [5.74, 6) is 0. The Balaban J connectivity index is 2.25. The quantitative estimate of drug-likeness (QED) is 0.776. The minimum Gasteiger partial charge on any atom is -0.266 e. The first-order chi connectivity index (χ1) is 10.2. The van der Waals surface area contributed by atoms with Gasteiger partial charge in [-0.2, -0.15) is 5.10 Å². The molecule has 0 saturated carbocycles. The molecule has 3 aromatic rings. The molecule has 3 rings (SSSR count). The van der Waals surface area contributed by atoms with E-state index in [0.717, 1.165) is 9.04 Å². The van der Waals surface area contributed by atoms with Crippen molar-refractivity contribution in [3.63, 3.8) is 0 Å². The molecular weight excluding hydrogens is 334 g/mol. The SMILES string of the molecule is O=c1[nH]nc(-c2ccccc2)c(=O)n1-c1ccc(Br)cc1. The molecule has 1 aromatic heterocycles. The number of nitrogens with one attached hydrogen (secondary N) is 1. The fraction of sp³-hybridized carbons (Fsp3) is 0. The zero-order valence-corrected chi connectivity index (χ0v) is 12.4. The lowest BCUT2D eigenvalue weighted by molar-refractivity contribution is 0.804. The van der Waals surface area contributed by atoms with Gasteiger partial charge in [-0.25, -0.2) is 14.5 Å². The summed E-state index contributed by atoms with van der Waals surface area (Å²) in [6.45, 7) is 0. The van der Waals surface area contributed by atoms with Crippen LogP contribution in [0.4, 0.5) is 0 Å². The summed E-state index contributed by atoms with van der Waals surface area (Å²) in [6.07, 6.45) is 0. The third-order valence-electron chi connectivity index (χ3n) is 3.00. The summed E-state index contributed by atoms with van der Waals surface area (Å²) in [7, 11) is 0. The lowest BCUT2D eigenvalue weighted by Crippen LogP contribution is -2.35. The summed E-state index contributed by atoms with van der Waals surface area (Å²) < 4.78 is 1.94. The fourth-order valence-electron chi connectivity index (χ4n) is 2.01. The highest BCUT2D eigenvalue weighted by molar-refractivity contribution is 9.10. The van der Waals surface area contributed by atoms with Crippen molar-refractivity contribution in [2.75, 3.05) is 0 Å². The van der Waals surface area contributed by atoms with Crippen LogP contribution in [0.1, 0.15) is 0 Å². The van der Waals surface area contributed by atoms with E-state index in [4.69, 9.17) is 0 Å². The molecule has 0 aliphatic heterocycles. The van der Waals surface area contributed by atoms with Crippen LogP contribution in [-0.4, -0.2) is 14.8 Å². The van der Waals surface area contributed by atoms with Crippen molar-refractivity contribution >= 4 is 15.9 Å². The van der Waals surface area contributed by atoms with Crippen molar-refractivity contribution in [2.24, 2.45) is 0 Å². The van der Waals surface area contributed by atoms with Crippen molar-refractivity contribution in [1.29, 1.82) is 0 Å². The molecule has 104 valence electrons. The molecule has 0 radical (unpaired) electrons. The second-order valence-corrected chi connectivity index (χ2v) is 5.28. The average Bonchev–Trinajstić information content (AvgIpc) is 2.50. The second kappa shape index (κ2) is 5.49. The Morgan fingerprint density at radius 1 is 0.952 bits per heavy atom. The number of benzene rings is 2. The monoisotopic (exact) mass is 343 g/mol. The molecule has 0 fully saturated rings. The highest BCUT2D eigenvalue weighted by Crippen LogP contribution is 2.13. The van der Waals surface area contributed by atoms with E-state index in [0.29, 0.717) is 11.3 Å². The van der Waals surface area contributed by atoms with E-state index in [1.54, 1.807) is 36.4 Å². The molecule has 1 N–H and O–H groups in total. The number of halogens is 1. The summed E-state index contributed by atoms with van der Waals surface area (Å²) in [5, 5.41) is 6.24. The van der Waals surface area contributed by atoms with E-state index in [1.165, 1.54) is 0 Å². The molecule has 0 aliphatic rings. The maximum atomic E-state index is 12.5. The second-order valence-electron chi connectivity index (χ2n) is 4.36. The van der Waals surface area contributed by atoms with Gasteiger partial charge >= 0.3 is 5.69 Å². The van der Waals surface area contributed by atoms with Crippen LogP contribution in [0.2, 0.25) is 0 Å². The molecule has 2 aromatic carbocycles. The first-order valence-electron chi connectivity index (χ1n) is 6.20. The molecule has 0 spiro atoms. The minimum absolute atomic E-state index is 0.207. The van der Waals surface area contributed by atoms with Crippen LogP contribution in [-0.2, 0) is 0 Å². The van der Waals surface area contributed by atoms with Crippen molar-refractivity contribution < 1.29 is 0 Å². The zero-order valence-electron chi connectivity index (χ0n) is 10.8. The van der Waals surface area contributed by atoms with Gasteiger partial charge in [-0.05, 0) is 24.3 Å². The Morgan fingerprint density at radius 3 is 2.29 bits per heavy atom. The topological polar surface area (TPSA) is 67.8 Å². The van der Waals surface area contributed by atoms with Gasteiger partial charge < -0.3 is 0 Å². The molecule has 5 nitrogen and oxygen atoms in total. The highest BCUT2D eigenvalue weighted by Gasteiger charge is 2.12. The largest absolute Gasteiger partial charge is 0.349 e. The smallest absolute Gasteiger partial charge is 0.266 e. The lowest BCUT2D eigenvalue weighted by Gasteiger charge is -2.06. The minimum atomic E-state index is -0.568. The van der Waals surface area contributed by atoms with Crippen molar-refractivity contribution in [3.8, 4) is 16.9 Å². The molecule has 0 atom stereocenters. The maximum Gasteiger partial charge on any atom is 0.349 e. The van der Waals surface area contributed by atoms with Gasteiger partial charge in [0, 0.05) is 10.0 Å². The first kappa shape index (κ1) is 13.5. The number of hydrogen-bond donors (Lipinski definition) is 1. The van der Waals surface area contributed by atoms with Gasteiger partial charge in [0.15, 0.2) is 5.69 Å². The van der Waals surface area contributed by atoms with Crippen LogP contribution in [0.5, 0.6) is 0 Å². The van der Waals surface area contributed by atoms with Crippen LogP contribution in [0, 0.1) is 0 Å². The molecule has 0 saturated heterocycles. The third-order valence-corrected chi connectivity index (χ3v) is 3.53. The first-order valence-corrected chi connectivity index (χ1v) is 6.99. The van der Waals surface area contributed by atoms with E-state index in [1.807, 2.05) is 18.2 Å². The molecule has 0 unspecified atom stereocenters. The lowest BCUT2D eigenvalue weighted by atomic mass is 10.2. The summed E-state index contributed by atoms with van der Waals surface area (Å²) >= 11 is 3.32. The Labute approximate surface area is 128 Å². The van der Waals surface area contributed by atoms with E-state index < -0.39 is 11.2 Å². The average molecular weight is 344 g/mol. The number of rotatable bonds is 2. The molecule has 0 aliphatic carbocycles. The Morgan fingerprint density at radius 2 is 1.62 bits per heavy atom. The normalized spacial score (nSPS) is 10.5. The van der Waals surface area contributed by atoms with Gasteiger partial charge in [-0.3, -0.25) is 4.79 Å². The van der Waals surface area contributed by atoms with E-state index >= 15 is 0 Å². The zero-order chi connectivity index (χ0) is 14.8. The van der Waals surface area contributed by atoms with Crippen LogP contribution in [0.15, 0.2) is 68.7 Å².